The first-order valence-electron chi connectivity index (χ1n) is 8.41. The van der Waals surface area contributed by atoms with Crippen molar-refractivity contribution in [3.8, 4) is 5.75 Å². The van der Waals surface area contributed by atoms with Gasteiger partial charge in [-0.15, -0.1) is 5.10 Å². The predicted octanol–water partition coefficient (Wildman–Crippen LogP) is 3.01. The van der Waals surface area contributed by atoms with Crippen LogP contribution in [0, 0.1) is 5.82 Å². The van der Waals surface area contributed by atoms with Crippen molar-refractivity contribution in [3.63, 3.8) is 0 Å². The molecular weight excluding hydrogens is 335 g/mol. The van der Waals surface area contributed by atoms with Gasteiger partial charge in [-0.05, 0) is 18.2 Å². The van der Waals surface area contributed by atoms with Crippen LogP contribution in [0.1, 0.15) is 17.5 Å². The van der Waals surface area contributed by atoms with Gasteiger partial charge >= 0.3 is 0 Å². The maximum absolute atomic E-state index is 13.8. The van der Waals surface area contributed by atoms with Crippen molar-refractivity contribution in [1.82, 2.24) is 15.0 Å². The fraction of sp³-hybridized carbons (Fsp3) is 0.263. The number of para-hydroxylation sites is 2. The zero-order valence-corrected chi connectivity index (χ0v) is 14.4. The fourth-order valence-electron chi connectivity index (χ4n) is 3.13. The molecule has 1 aliphatic rings. The Bertz CT molecular complexity index is 899. The zero-order chi connectivity index (χ0) is 17.9. The minimum Gasteiger partial charge on any atom is -0.495 e. The van der Waals surface area contributed by atoms with Gasteiger partial charge in [-0.2, -0.15) is 0 Å². The molecule has 3 aromatic rings. The molecule has 1 fully saturated rings. The summed E-state index contributed by atoms with van der Waals surface area (Å²) in [6, 6.07) is 14.5. The SMILES string of the molecule is COc1ccccc1N1CCO[C@H]1c1cn(Cc2ccccc2F)nn1. The van der Waals surface area contributed by atoms with Crippen LogP contribution in [0.5, 0.6) is 5.75 Å². The largest absolute Gasteiger partial charge is 0.495 e. The molecule has 1 atom stereocenters. The summed E-state index contributed by atoms with van der Waals surface area (Å²) in [5.74, 6) is 0.527. The molecule has 0 unspecified atom stereocenters. The summed E-state index contributed by atoms with van der Waals surface area (Å²) < 4.78 is 26.8. The number of ether oxygens (including phenoxy) is 2. The van der Waals surface area contributed by atoms with Gasteiger partial charge in [-0.3, -0.25) is 0 Å². The predicted molar refractivity (Wildman–Crippen MR) is 94.6 cm³/mol. The Hall–Kier alpha value is -2.93. The Balaban J connectivity index is 1.57. The smallest absolute Gasteiger partial charge is 0.177 e. The van der Waals surface area contributed by atoms with Gasteiger partial charge in [0.1, 0.15) is 17.3 Å². The summed E-state index contributed by atoms with van der Waals surface area (Å²) in [6.45, 7) is 1.63. The summed E-state index contributed by atoms with van der Waals surface area (Å²) >= 11 is 0. The van der Waals surface area contributed by atoms with Crippen molar-refractivity contribution in [3.05, 3.63) is 71.8 Å². The highest BCUT2D eigenvalue weighted by Gasteiger charge is 2.31. The normalized spacial score (nSPS) is 16.8. The number of nitrogens with zero attached hydrogens (tertiary/aromatic N) is 4. The maximum Gasteiger partial charge on any atom is 0.177 e. The Morgan fingerprint density at radius 1 is 1.19 bits per heavy atom. The first-order chi connectivity index (χ1) is 12.8. The number of anilines is 1. The monoisotopic (exact) mass is 354 g/mol. The van der Waals surface area contributed by atoms with Gasteiger partial charge in [-0.25, -0.2) is 9.07 Å². The number of rotatable bonds is 5. The van der Waals surface area contributed by atoms with Crippen LogP contribution in [0.15, 0.2) is 54.7 Å². The van der Waals surface area contributed by atoms with Crippen LogP contribution < -0.4 is 9.64 Å². The van der Waals surface area contributed by atoms with Crippen LogP contribution in [0.25, 0.3) is 0 Å². The third kappa shape index (κ3) is 3.13. The molecule has 134 valence electrons. The number of benzene rings is 2. The Morgan fingerprint density at radius 2 is 2.00 bits per heavy atom. The summed E-state index contributed by atoms with van der Waals surface area (Å²) in [4.78, 5) is 2.09. The molecule has 0 saturated carbocycles. The van der Waals surface area contributed by atoms with Crippen molar-refractivity contribution in [2.24, 2.45) is 0 Å². The number of hydrogen-bond donors (Lipinski definition) is 0. The molecule has 4 rings (SSSR count). The second kappa shape index (κ2) is 7.13. The van der Waals surface area contributed by atoms with Crippen molar-refractivity contribution in [1.29, 1.82) is 0 Å². The molecule has 6 nitrogen and oxygen atoms in total. The molecule has 2 heterocycles. The number of halogens is 1. The van der Waals surface area contributed by atoms with E-state index >= 15 is 0 Å². The minimum absolute atomic E-state index is 0.252. The van der Waals surface area contributed by atoms with Crippen LogP contribution in [0.2, 0.25) is 0 Å². The molecule has 26 heavy (non-hydrogen) atoms. The summed E-state index contributed by atoms with van der Waals surface area (Å²) in [5, 5.41) is 8.37. The van der Waals surface area contributed by atoms with E-state index in [2.05, 4.69) is 15.2 Å². The first kappa shape index (κ1) is 16.5. The van der Waals surface area contributed by atoms with Crippen LogP contribution in [-0.2, 0) is 11.3 Å². The molecule has 1 aliphatic heterocycles. The van der Waals surface area contributed by atoms with E-state index in [0.29, 0.717) is 24.4 Å². The highest BCUT2D eigenvalue weighted by Crippen LogP contribution is 2.36. The lowest BCUT2D eigenvalue weighted by molar-refractivity contribution is 0.110. The van der Waals surface area contributed by atoms with Gasteiger partial charge in [0.05, 0.1) is 32.1 Å². The van der Waals surface area contributed by atoms with Crippen molar-refractivity contribution in [2.75, 3.05) is 25.2 Å². The van der Waals surface area contributed by atoms with Crippen molar-refractivity contribution >= 4 is 5.69 Å². The van der Waals surface area contributed by atoms with Gasteiger partial charge in [0.2, 0.25) is 0 Å². The summed E-state index contributed by atoms with van der Waals surface area (Å²) in [6.07, 6.45) is 1.45. The summed E-state index contributed by atoms with van der Waals surface area (Å²) in [5.41, 5.74) is 2.20. The maximum atomic E-state index is 13.8. The van der Waals surface area contributed by atoms with E-state index in [1.165, 1.54) is 6.07 Å². The van der Waals surface area contributed by atoms with E-state index in [1.807, 2.05) is 24.3 Å². The molecule has 0 bridgehead atoms. The highest BCUT2D eigenvalue weighted by atomic mass is 19.1. The standard InChI is InChI=1S/C19H19FN4O2/c1-25-18-9-5-4-8-17(18)24-10-11-26-19(24)16-13-23(22-21-16)12-14-6-2-3-7-15(14)20/h2-9,13,19H,10-12H2,1H3/t19-/m0/s1. The van der Waals surface area contributed by atoms with Gasteiger partial charge < -0.3 is 14.4 Å². The quantitative estimate of drug-likeness (QED) is 0.705. The average Bonchev–Trinajstić information content (AvgIpc) is 3.32. The van der Waals surface area contributed by atoms with Crippen molar-refractivity contribution < 1.29 is 13.9 Å². The van der Waals surface area contributed by atoms with E-state index in [9.17, 15) is 4.39 Å². The van der Waals surface area contributed by atoms with Gasteiger partial charge in [0.25, 0.3) is 0 Å². The third-order valence-electron chi connectivity index (χ3n) is 4.39. The molecule has 0 N–H and O–H groups in total. The minimum atomic E-state index is -0.347. The van der Waals surface area contributed by atoms with Gasteiger partial charge in [-0.1, -0.05) is 35.5 Å². The van der Waals surface area contributed by atoms with E-state index in [1.54, 1.807) is 36.2 Å². The van der Waals surface area contributed by atoms with Crippen LogP contribution >= 0.6 is 0 Å². The van der Waals surface area contributed by atoms with Gasteiger partial charge in [0.15, 0.2) is 6.23 Å². The van der Waals surface area contributed by atoms with E-state index in [-0.39, 0.29) is 12.0 Å². The molecule has 7 heteroatoms. The number of methoxy groups -OCH3 is 1. The van der Waals surface area contributed by atoms with Crippen molar-refractivity contribution in [2.45, 2.75) is 12.8 Å². The summed E-state index contributed by atoms with van der Waals surface area (Å²) in [7, 11) is 1.65. The molecule has 0 amide bonds. The lowest BCUT2D eigenvalue weighted by Gasteiger charge is -2.25. The lowest BCUT2D eigenvalue weighted by Crippen LogP contribution is -2.24. The number of aromatic nitrogens is 3. The first-order valence-corrected chi connectivity index (χ1v) is 8.41. The molecule has 0 aliphatic carbocycles. The highest BCUT2D eigenvalue weighted by molar-refractivity contribution is 5.59. The van der Waals surface area contributed by atoms with E-state index in [4.69, 9.17) is 9.47 Å². The van der Waals surface area contributed by atoms with Crippen LogP contribution in [-0.4, -0.2) is 35.3 Å². The molecule has 0 radical (unpaired) electrons. The third-order valence-corrected chi connectivity index (χ3v) is 4.39. The molecule has 1 saturated heterocycles. The average molecular weight is 354 g/mol. The Labute approximate surface area is 150 Å². The molecule has 0 spiro atoms. The van der Waals surface area contributed by atoms with Crippen LogP contribution in [0.4, 0.5) is 10.1 Å². The van der Waals surface area contributed by atoms with E-state index < -0.39 is 0 Å². The second-order valence-electron chi connectivity index (χ2n) is 6.02. The molecular formula is C19H19FN4O2. The van der Waals surface area contributed by atoms with Crippen LogP contribution in [0.3, 0.4) is 0 Å². The second-order valence-corrected chi connectivity index (χ2v) is 6.02. The zero-order valence-electron chi connectivity index (χ0n) is 14.4. The van der Waals surface area contributed by atoms with Gasteiger partial charge in [0, 0.05) is 12.1 Å². The molecule has 2 aromatic carbocycles. The fourth-order valence-corrected chi connectivity index (χ4v) is 3.13. The number of hydrogen-bond acceptors (Lipinski definition) is 5. The topological polar surface area (TPSA) is 52.4 Å². The molecule has 1 aromatic heterocycles. The Kier molecular flexibility index (Phi) is 4.53. The lowest BCUT2D eigenvalue weighted by atomic mass is 10.2. The Morgan fingerprint density at radius 3 is 2.85 bits per heavy atom. The van der Waals surface area contributed by atoms with E-state index in [0.717, 1.165) is 18.0 Å².